The van der Waals surface area contributed by atoms with Crippen molar-refractivity contribution >= 4 is 17.6 Å². The van der Waals surface area contributed by atoms with Gasteiger partial charge in [0.15, 0.2) is 12.7 Å². The molecule has 8 heteroatoms. The van der Waals surface area contributed by atoms with Crippen LogP contribution in [0.2, 0.25) is 0 Å². The molecule has 0 radical (unpaired) electrons. The summed E-state index contributed by atoms with van der Waals surface area (Å²) in [5.41, 5.74) is -0.0740. The van der Waals surface area contributed by atoms with Gasteiger partial charge in [-0.3, -0.25) is 14.9 Å². The number of amides is 1. The lowest BCUT2D eigenvalue weighted by Crippen LogP contribution is -2.35. The van der Waals surface area contributed by atoms with Crippen LogP contribution in [0, 0.1) is 10.1 Å². The summed E-state index contributed by atoms with van der Waals surface area (Å²) in [6.45, 7) is 1.08. The summed E-state index contributed by atoms with van der Waals surface area (Å²) in [6.07, 6.45) is -0.895. The molecule has 1 rings (SSSR count). The number of hydrogen-bond donors (Lipinski definition) is 0. The number of benzene rings is 1. The van der Waals surface area contributed by atoms with Gasteiger partial charge in [-0.1, -0.05) is 0 Å². The molecule has 1 atom stereocenters. The maximum Gasteiger partial charge on any atom is 0.344 e. The van der Waals surface area contributed by atoms with Gasteiger partial charge in [0.25, 0.3) is 11.6 Å². The van der Waals surface area contributed by atoms with E-state index in [1.54, 1.807) is 14.1 Å². The van der Waals surface area contributed by atoms with Crippen molar-refractivity contribution in [1.82, 2.24) is 4.90 Å². The molecule has 0 fully saturated rings. The highest BCUT2D eigenvalue weighted by atomic mass is 16.6. The summed E-state index contributed by atoms with van der Waals surface area (Å²) >= 11 is 0. The Bertz CT molecular complexity index is 526. The van der Waals surface area contributed by atoms with Gasteiger partial charge < -0.3 is 14.4 Å². The van der Waals surface area contributed by atoms with Crippen molar-refractivity contribution < 1.29 is 24.0 Å². The van der Waals surface area contributed by atoms with Crippen LogP contribution in [0.1, 0.15) is 6.92 Å². The number of non-ortho nitro benzene ring substituents is 1. The van der Waals surface area contributed by atoms with E-state index < -0.39 is 17.0 Å². The van der Waals surface area contributed by atoms with Gasteiger partial charge in [-0.2, -0.15) is 0 Å². The summed E-state index contributed by atoms with van der Waals surface area (Å²) in [4.78, 5) is 34.3. The first-order valence-electron chi connectivity index (χ1n) is 6.09. The zero-order valence-corrected chi connectivity index (χ0v) is 11.9. The van der Waals surface area contributed by atoms with E-state index in [0.717, 1.165) is 0 Å². The molecule has 114 valence electrons. The Hall–Kier alpha value is -2.64. The molecule has 1 aromatic rings. The highest BCUT2D eigenvalue weighted by Gasteiger charge is 2.19. The molecular formula is C13H16N2O6. The number of nitrogens with zero attached hydrogens (tertiary/aromatic N) is 2. The van der Waals surface area contributed by atoms with E-state index in [0.29, 0.717) is 5.75 Å². The lowest BCUT2D eigenvalue weighted by Gasteiger charge is -2.17. The van der Waals surface area contributed by atoms with Crippen molar-refractivity contribution in [1.29, 1.82) is 0 Å². The van der Waals surface area contributed by atoms with Crippen LogP contribution < -0.4 is 4.74 Å². The van der Waals surface area contributed by atoms with Crippen molar-refractivity contribution in [2.45, 2.75) is 13.0 Å². The smallest absolute Gasteiger partial charge is 0.344 e. The molecule has 0 heterocycles. The second-order valence-corrected chi connectivity index (χ2v) is 4.40. The normalized spacial score (nSPS) is 11.4. The average Bonchev–Trinajstić information content (AvgIpc) is 2.44. The molecule has 0 spiro atoms. The summed E-state index contributed by atoms with van der Waals surface area (Å²) < 4.78 is 10.0. The highest BCUT2D eigenvalue weighted by Crippen LogP contribution is 2.17. The molecule has 21 heavy (non-hydrogen) atoms. The maximum absolute atomic E-state index is 11.5. The highest BCUT2D eigenvalue weighted by molar-refractivity contribution is 5.83. The van der Waals surface area contributed by atoms with E-state index in [1.807, 2.05) is 0 Å². The Balaban J connectivity index is 2.46. The molecule has 0 saturated carbocycles. The zero-order valence-electron chi connectivity index (χ0n) is 11.9. The third kappa shape index (κ3) is 5.09. The van der Waals surface area contributed by atoms with E-state index in [-0.39, 0.29) is 18.2 Å². The van der Waals surface area contributed by atoms with Crippen LogP contribution in [-0.4, -0.2) is 48.5 Å². The number of carbonyl (C=O) groups is 2. The number of rotatable bonds is 6. The minimum absolute atomic E-state index is 0.0740. The molecule has 0 aliphatic heterocycles. The number of likely N-dealkylation sites (N-methyl/N-ethyl adjacent to an activating group) is 1. The van der Waals surface area contributed by atoms with Crippen LogP contribution in [0.4, 0.5) is 5.69 Å². The summed E-state index contributed by atoms with van der Waals surface area (Å²) in [5.74, 6) is -0.737. The average molecular weight is 296 g/mol. The molecule has 0 aliphatic carbocycles. The Labute approximate surface area is 121 Å². The third-order valence-corrected chi connectivity index (χ3v) is 2.50. The fraction of sp³-hybridized carbons (Fsp3) is 0.385. The van der Waals surface area contributed by atoms with E-state index in [9.17, 15) is 19.7 Å². The number of nitro groups is 1. The SMILES string of the molecule is C[C@H](OC(=O)COc1ccc([N+](=O)[O-])cc1)C(=O)N(C)C. The van der Waals surface area contributed by atoms with Gasteiger partial charge in [0.2, 0.25) is 0 Å². The first kappa shape index (κ1) is 16.4. The van der Waals surface area contributed by atoms with Crippen molar-refractivity contribution in [2.75, 3.05) is 20.7 Å². The van der Waals surface area contributed by atoms with Crippen LogP contribution >= 0.6 is 0 Å². The summed E-state index contributed by atoms with van der Waals surface area (Å²) in [7, 11) is 3.11. The molecule has 0 unspecified atom stereocenters. The number of nitro benzene ring substituents is 1. The molecule has 0 aromatic heterocycles. The van der Waals surface area contributed by atoms with Crippen molar-refractivity contribution in [3.63, 3.8) is 0 Å². The minimum atomic E-state index is -0.895. The maximum atomic E-state index is 11.5. The van der Waals surface area contributed by atoms with Gasteiger partial charge in [-0.25, -0.2) is 4.79 Å². The molecule has 1 amide bonds. The topological polar surface area (TPSA) is 99.0 Å². The fourth-order valence-corrected chi connectivity index (χ4v) is 1.45. The fourth-order valence-electron chi connectivity index (χ4n) is 1.45. The van der Waals surface area contributed by atoms with Crippen molar-refractivity contribution in [3.05, 3.63) is 34.4 Å². The first-order valence-corrected chi connectivity index (χ1v) is 6.09. The molecule has 0 aliphatic rings. The van der Waals surface area contributed by atoms with Crippen molar-refractivity contribution in [2.24, 2.45) is 0 Å². The predicted octanol–water partition coefficient (Wildman–Crippen LogP) is 0.993. The van der Waals surface area contributed by atoms with Crippen LogP contribution in [0.3, 0.4) is 0 Å². The standard InChI is InChI=1S/C13H16N2O6/c1-9(13(17)14(2)3)21-12(16)8-20-11-6-4-10(5-7-11)15(18)19/h4-7,9H,8H2,1-3H3/t9-/m0/s1. The van der Waals surface area contributed by atoms with Crippen LogP contribution in [-0.2, 0) is 14.3 Å². The number of ether oxygens (including phenoxy) is 2. The number of hydrogen-bond acceptors (Lipinski definition) is 6. The van der Waals surface area contributed by atoms with E-state index in [4.69, 9.17) is 9.47 Å². The molecule has 0 N–H and O–H groups in total. The zero-order chi connectivity index (χ0) is 16.0. The molecule has 0 bridgehead atoms. The van der Waals surface area contributed by atoms with Crippen LogP contribution in [0.5, 0.6) is 5.75 Å². The van der Waals surface area contributed by atoms with Crippen LogP contribution in [0.15, 0.2) is 24.3 Å². The molecular weight excluding hydrogens is 280 g/mol. The first-order chi connectivity index (χ1) is 9.81. The Kier molecular flexibility index (Phi) is 5.65. The van der Waals surface area contributed by atoms with Crippen molar-refractivity contribution in [3.8, 4) is 5.75 Å². The monoisotopic (exact) mass is 296 g/mol. The molecule has 0 saturated heterocycles. The molecule has 8 nitrogen and oxygen atoms in total. The van der Waals surface area contributed by atoms with Gasteiger partial charge in [0.1, 0.15) is 5.75 Å². The lowest BCUT2D eigenvalue weighted by atomic mass is 10.3. The van der Waals surface area contributed by atoms with Gasteiger partial charge >= 0.3 is 5.97 Å². The Morgan fingerprint density at radius 3 is 2.33 bits per heavy atom. The van der Waals surface area contributed by atoms with Gasteiger partial charge in [0, 0.05) is 26.2 Å². The van der Waals surface area contributed by atoms with Crippen LogP contribution in [0.25, 0.3) is 0 Å². The third-order valence-electron chi connectivity index (χ3n) is 2.50. The Morgan fingerprint density at radius 1 is 1.29 bits per heavy atom. The quantitative estimate of drug-likeness (QED) is 0.441. The minimum Gasteiger partial charge on any atom is -0.482 e. The second kappa shape index (κ2) is 7.22. The van der Waals surface area contributed by atoms with E-state index >= 15 is 0 Å². The second-order valence-electron chi connectivity index (χ2n) is 4.40. The summed E-state index contributed by atoms with van der Waals surface area (Å²) in [5, 5.41) is 10.5. The van der Waals surface area contributed by atoms with Gasteiger partial charge in [-0.15, -0.1) is 0 Å². The van der Waals surface area contributed by atoms with E-state index in [2.05, 4.69) is 0 Å². The Morgan fingerprint density at radius 2 is 1.86 bits per heavy atom. The lowest BCUT2D eigenvalue weighted by molar-refractivity contribution is -0.384. The predicted molar refractivity (Wildman–Crippen MR) is 72.8 cm³/mol. The number of esters is 1. The largest absolute Gasteiger partial charge is 0.482 e. The number of carbonyl (C=O) groups excluding carboxylic acids is 2. The van der Waals surface area contributed by atoms with Gasteiger partial charge in [-0.05, 0) is 19.1 Å². The van der Waals surface area contributed by atoms with Gasteiger partial charge in [0.05, 0.1) is 4.92 Å². The molecule has 1 aromatic carbocycles. The van der Waals surface area contributed by atoms with E-state index in [1.165, 1.54) is 36.1 Å². The summed E-state index contributed by atoms with van der Waals surface area (Å²) in [6, 6.07) is 5.28.